The first-order valence-corrected chi connectivity index (χ1v) is 10.5. The maximum atomic E-state index is 13.5. The van der Waals surface area contributed by atoms with Crippen LogP contribution in [0.1, 0.15) is 40.7 Å². The van der Waals surface area contributed by atoms with E-state index in [1.807, 2.05) is 42.5 Å². The molecule has 4 rings (SSSR count). The summed E-state index contributed by atoms with van der Waals surface area (Å²) in [5.74, 6) is -0.124. The maximum absolute atomic E-state index is 13.5. The molecule has 0 aromatic heterocycles. The zero-order chi connectivity index (χ0) is 23.3. The summed E-state index contributed by atoms with van der Waals surface area (Å²) in [5, 5.41) is 28.8. The van der Waals surface area contributed by atoms with Crippen LogP contribution in [0.15, 0.2) is 90.0 Å². The lowest BCUT2D eigenvalue weighted by molar-refractivity contribution is -0.113. The van der Waals surface area contributed by atoms with Gasteiger partial charge < -0.3 is 0 Å². The Labute approximate surface area is 193 Å². The van der Waals surface area contributed by atoms with Crippen LogP contribution < -0.4 is 0 Å². The fourth-order valence-electron chi connectivity index (χ4n) is 4.22. The van der Waals surface area contributed by atoms with Gasteiger partial charge in [0.15, 0.2) is 5.78 Å². The van der Waals surface area contributed by atoms with Gasteiger partial charge in [0.2, 0.25) is 0 Å². The lowest BCUT2D eigenvalue weighted by Gasteiger charge is -2.33. The molecule has 0 spiro atoms. The molecular formula is C29H19N3O. The molecular weight excluding hydrogens is 406 g/mol. The standard InChI is InChI=1S/C29H19N3O/c30-18-23-8-4-6-21(12-23)14-25-16-29(20-32,27-10-2-1-3-11-27)17-26(28(25)33)15-22-7-5-9-24(13-22)19-31/h1-15H,16-17H2/b25-14+,26-15+. The van der Waals surface area contributed by atoms with Crippen molar-refractivity contribution in [2.45, 2.75) is 18.3 Å². The molecule has 4 nitrogen and oxygen atoms in total. The number of carbonyl (C=O) groups is 1. The van der Waals surface area contributed by atoms with Crippen molar-refractivity contribution in [3.8, 4) is 18.2 Å². The molecule has 3 aromatic rings. The molecule has 0 atom stereocenters. The summed E-state index contributed by atoms with van der Waals surface area (Å²) in [6.07, 6.45) is 4.10. The molecule has 33 heavy (non-hydrogen) atoms. The molecule has 156 valence electrons. The molecule has 0 amide bonds. The third-order valence-corrected chi connectivity index (χ3v) is 5.82. The molecule has 1 aliphatic carbocycles. The summed E-state index contributed by atoms with van der Waals surface area (Å²) in [5.41, 5.74) is 3.49. The van der Waals surface area contributed by atoms with E-state index in [0.29, 0.717) is 22.3 Å². The first-order valence-electron chi connectivity index (χ1n) is 10.5. The Morgan fingerprint density at radius 1 is 0.697 bits per heavy atom. The third-order valence-electron chi connectivity index (χ3n) is 5.82. The van der Waals surface area contributed by atoms with Crippen LogP contribution in [0.4, 0.5) is 0 Å². The van der Waals surface area contributed by atoms with Crippen LogP contribution in [-0.2, 0) is 10.2 Å². The third kappa shape index (κ3) is 4.49. The fraction of sp³-hybridized carbons (Fsp3) is 0.103. The number of hydrogen-bond donors (Lipinski definition) is 0. The zero-order valence-corrected chi connectivity index (χ0v) is 17.8. The smallest absolute Gasteiger partial charge is 0.185 e. The Morgan fingerprint density at radius 2 is 1.21 bits per heavy atom. The number of ketones is 1. The number of hydrogen-bond acceptors (Lipinski definition) is 4. The van der Waals surface area contributed by atoms with Crippen LogP contribution >= 0.6 is 0 Å². The first-order chi connectivity index (χ1) is 16.1. The normalized spacial score (nSPS) is 20.1. The van der Waals surface area contributed by atoms with Crippen molar-refractivity contribution in [1.29, 1.82) is 15.8 Å². The molecule has 1 fully saturated rings. The van der Waals surface area contributed by atoms with Gasteiger partial charge in [-0.25, -0.2) is 0 Å². The highest BCUT2D eigenvalue weighted by Crippen LogP contribution is 2.43. The molecule has 1 aliphatic rings. The fourth-order valence-corrected chi connectivity index (χ4v) is 4.22. The quantitative estimate of drug-likeness (QED) is 0.502. The van der Waals surface area contributed by atoms with Crippen molar-refractivity contribution in [1.82, 2.24) is 0 Å². The number of nitriles is 3. The Kier molecular flexibility index (Phi) is 5.99. The van der Waals surface area contributed by atoms with Gasteiger partial charge in [-0.05, 0) is 65.9 Å². The van der Waals surface area contributed by atoms with Crippen LogP contribution in [0.3, 0.4) is 0 Å². The van der Waals surface area contributed by atoms with Crippen LogP contribution in [0.2, 0.25) is 0 Å². The Balaban J connectivity index is 1.86. The van der Waals surface area contributed by atoms with E-state index < -0.39 is 5.41 Å². The van der Waals surface area contributed by atoms with Gasteiger partial charge in [0.25, 0.3) is 0 Å². The van der Waals surface area contributed by atoms with E-state index in [4.69, 9.17) is 0 Å². The van der Waals surface area contributed by atoms with Crippen molar-refractivity contribution >= 4 is 17.9 Å². The van der Waals surface area contributed by atoms with E-state index in [0.717, 1.165) is 16.7 Å². The molecule has 0 bridgehead atoms. The number of benzene rings is 3. The van der Waals surface area contributed by atoms with E-state index in [2.05, 4.69) is 18.2 Å². The van der Waals surface area contributed by atoms with E-state index in [-0.39, 0.29) is 18.6 Å². The predicted octanol–water partition coefficient (Wildman–Crippen LogP) is 5.72. The molecule has 4 heteroatoms. The minimum absolute atomic E-state index is 0.124. The molecule has 0 aliphatic heterocycles. The van der Waals surface area contributed by atoms with Gasteiger partial charge in [-0.1, -0.05) is 54.6 Å². The summed E-state index contributed by atoms with van der Waals surface area (Å²) in [6, 6.07) is 30.4. The van der Waals surface area contributed by atoms with E-state index in [9.17, 15) is 20.6 Å². The molecule has 0 heterocycles. The highest BCUT2D eigenvalue weighted by atomic mass is 16.1. The summed E-state index contributed by atoms with van der Waals surface area (Å²) < 4.78 is 0. The maximum Gasteiger partial charge on any atom is 0.185 e. The van der Waals surface area contributed by atoms with Crippen LogP contribution in [-0.4, -0.2) is 5.78 Å². The summed E-state index contributed by atoms with van der Waals surface area (Å²) in [4.78, 5) is 13.5. The lowest BCUT2D eigenvalue weighted by Crippen LogP contribution is -2.33. The van der Waals surface area contributed by atoms with Crippen LogP contribution in [0, 0.1) is 34.0 Å². The predicted molar refractivity (Wildman–Crippen MR) is 126 cm³/mol. The van der Waals surface area contributed by atoms with Crippen LogP contribution in [0.5, 0.6) is 0 Å². The summed E-state index contributed by atoms with van der Waals surface area (Å²) in [6.45, 7) is 0. The second kappa shape index (κ2) is 9.19. The topological polar surface area (TPSA) is 88.4 Å². The number of nitrogens with zero attached hydrogens (tertiary/aromatic N) is 3. The second-order valence-corrected chi connectivity index (χ2v) is 8.06. The molecule has 3 aromatic carbocycles. The molecule has 1 saturated carbocycles. The minimum Gasteiger partial charge on any atom is -0.289 e. The van der Waals surface area contributed by atoms with Crippen molar-refractivity contribution in [3.05, 3.63) is 118 Å². The first kappa shape index (κ1) is 21.5. The summed E-state index contributed by atoms with van der Waals surface area (Å²) in [7, 11) is 0. The van der Waals surface area contributed by atoms with E-state index in [1.165, 1.54) is 0 Å². The highest BCUT2D eigenvalue weighted by Gasteiger charge is 2.41. The van der Waals surface area contributed by atoms with Gasteiger partial charge >= 0.3 is 0 Å². The largest absolute Gasteiger partial charge is 0.289 e. The van der Waals surface area contributed by atoms with Crippen molar-refractivity contribution in [2.24, 2.45) is 0 Å². The molecule has 0 radical (unpaired) electrons. The monoisotopic (exact) mass is 425 g/mol. The SMILES string of the molecule is N#Cc1cccc(/C=C2\CC(C#N)(c3ccccc3)C/C(=C\c3cccc(C#N)c3)C2=O)c1. The molecule has 0 unspecified atom stereocenters. The van der Waals surface area contributed by atoms with Gasteiger partial charge in [0.05, 0.1) is 34.7 Å². The van der Waals surface area contributed by atoms with E-state index >= 15 is 0 Å². The highest BCUT2D eigenvalue weighted by molar-refractivity contribution is 6.14. The Bertz CT molecular complexity index is 1330. The zero-order valence-electron chi connectivity index (χ0n) is 17.8. The Hall–Kier alpha value is -4.72. The van der Waals surface area contributed by atoms with Crippen molar-refractivity contribution < 1.29 is 4.79 Å². The van der Waals surface area contributed by atoms with Crippen molar-refractivity contribution in [3.63, 3.8) is 0 Å². The Morgan fingerprint density at radius 3 is 1.67 bits per heavy atom. The van der Waals surface area contributed by atoms with Gasteiger partial charge in [0, 0.05) is 11.1 Å². The van der Waals surface area contributed by atoms with Gasteiger partial charge in [-0.2, -0.15) is 15.8 Å². The van der Waals surface area contributed by atoms with Gasteiger partial charge in [0.1, 0.15) is 0 Å². The number of allylic oxidation sites excluding steroid dienone is 2. The number of Topliss-reactive ketones (excluding diaryl/α,β-unsaturated/α-hetero) is 1. The minimum atomic E-state index is -0.896. The second-order valence-electron chi connectivity index (χ2n) is 8.06. The number of carbonyl (C=O) groups excluding carboxylic acids is 1. The van der Waals surface area contributed by atoms with E-state index in [1.54, 1.807) is 48.6 Å². The van der Waals surface area contributed by atoms with Crippen molar-refractivity contribution in [2.75, 3.05) is 0 Å². The number of rotatable bonds is 3. The summed E-state index contributed by atoms with van der Waals surface area (Å²) >= 11 is 0. The average molecular weight is 425 g/mol. The average Bonchev–Trinajstić information content (AvgIpc) is 2.87. The molecule has 0 N–H and O–H groups in total. The van der Waals surface area contributed by atoms with Gasteiger partial charge in [-0.3, -0.25) is 4.79 Å². The van der Waals surface area contributed by atoms with Crippen LogP contribution in [0.25, 0.3) is 12.2 Å². The van der Waals surface area contributed by atoms with Gasteiger partial charge in [-0.15, -0.1) is 0 Å². The molecule has 0 saturated heterocycles. The lowest BCUT2D eigenvalue weighted by atomic mass is 9.66.